The third kappa shape index (κ3) is 9.44. The Labute approximate surface area is 243 Å². The average Bonchev–Trinajstić information content (AvgIpc) is 2.84. The van der Waals surface area contributed by atoms with Crippen molar-refractivity contribution in [3.05, 3.63) is 70.8 Å². The molecule has 1 amide bonds. The number of aromatic nitrogens is 1. The monoisotopic (exact) mass is 603 g/mol. The number of allylic oxidation sites excluding steroid dienone is 1. The van der Waals surface area contributed by atoms with E-state index < -0.39 is 70.4 Å². The van der Waals surface area contributed by atoms with Gasteiger partial charge in [-0.25, -0.2) is 9.37 Å². The van der Waals surface area contributed by atoms with Crippen molar-refractivity contribution in [2.75, 3.05) is 5.32 Å². The second-order valence-electron chi connectivity index (χ2n) is 6.59. The number of hydrogen-bond donors (Lipinski definition) is 1. The van der Waals surface area contributed by atoms with Gasteiger partial charge in [-0.1, -0.05) is 52.5 Å². The fourth-order valence-electron chi connectivity index (χ4n) is 2.56. The number of alkyl halides is 10. The predicted octanol–water partition coefficient (Wildman–Crippen LogP) is 5.71. The molecule has 0 aliphatic rings. The molecule has 0 radical (unpaired) electrons. The van der Waals surface area contributed by atoms with Gasteiger partial charge in [-0.2, -0.15) is 43.9 Å². The molecule has 0 aliphatic carbocycles. The van der Waals surface area contributed by atoms with Crippen molar-refractivity contribution in [1.82, 2.24) is 4.98 Å². The van der Waals surface area contributed by atoms with E-state index in [1.54, 1.807) is 0 Å². The molecule has 218 valence electrons. The molecule has 2 rings (SSSR count). The van der Waals surface area contributed by atoms with Crippen molar-refractivity contribution < 1.29 is 87.4 Å². The third-order valence-corrected chi connectivity index (χ3v) is 4.19. The van der Waals surface area contributed by atoms with Gasteiger partial charge in [-0.3, -0.25) is 4.79 Å². The van der Waals surface area contributed by atoms with Crippen LogP contribution < -0.4 is 34.9 Å². The van der Waals surface area contributed by atoms with Crippen LogP contribution in [0.5, 0.6) is 0 Å². The maximum atomic E-state index is 14.2. The number of nitrogens with one attached hydrogen (secondary N) is 1. The van der Waals surface area contributed by atoms with E-state index in [0.717, 1.165) is 18.2 Å². The summed E-state index contributed by atoms with van der Waals surface area (Å²) in [4.78, 5) is 26.3. The molecule has 0 unspecified atom stereocenters. The van der Waals surface area contributed by atoms with Crippen LogP contribution in [-0.4, -0.2) is 29.3 Å². The molecule has 0 aliphatic heterocycles. The maximum Gasteiger partial charge on any atom is 1.00 e. The molecule has 0 bridgehead atoms. The number of anilines is 1. The summed E-state index contributed by atoms with van der Waals surface area (Å²) in [6.45, 7) is 11.0. The van der Waals surface area contributed by atoms with E-state index >= 15 is 0 Å². The Morgan fingerprint density at radius 3 is 1.77 bits per heavy atom. The number of benzene rings is 1. The van der Waals surface area contributed by atoms with Gasteiger partial charge in [0.2, 0.25) is 0 Å². The van der Waals surface area contributed by atoms with Gasteiger partial charge in [0.1, 0.15) is 17.4 Å². The molecule has 0 saturated heterocycles. The molecule has 1 N–H and O–H groups in total. The molecule has 0 spiro atoms. The minimum atomic E-state index is -6.68. The van der Waals surface area contributed by atoms with E-state index in [1.807, 2.05) is 33.0 Å². The van der Waals surface area contributed by atoms with Gasteiger partial charge in [-0.05, 0) is 18.2 Å². The number of pyridine rings is 1. The number of nitrogens with zero attached hydrogens (tertiary/aromatic N) is 2. The summed E-state index contributed by atoms with van der Waals surface area (Å²) in [5, 5.41) is 5.03. The molecule has 5 nitrogen and oxygen atoms in total. The van der Waals surface area contributed by atoms with E-state index in [1.165, 1.54) is 0 Å². The summed E-state index contributed by atoms with van der Waals surface area (Å²) in [6.07, 6.45) is -19.0. The summed E-state index contributed by atoms with van der Waals surface area (Å²) in [7, 11) is 0. The van der Waals surface area contributed by atoms with E-state index in [4.69, 9.17) is 0 Å². The zero-order valence-corrected chi connectivity index (χ0v) is 23.5. The molecule has 40 heavy (non-hydrogen) atoms. The first-order valence-corrected chi connectivity index (χ1v) is 10.7. The van der Waals surface area contributed by atoms with Gasteiger partial charge in [-0.15, -0.1) is 5.69 Å². The van der Waals surface area contributed by atoms with Crippen LogP contribution in [0.4, 0.5) is 59.8 Å². The molecule has 17 heteroatoms. The first-order valence-electron chi connectivity index (χ1n) is 10.7. The van der Waals surface area contributed by atoms with Crippen molar-refractivity contribution in [2.45, 2.75) is 51.9 Å². The smallest absolute Gasteiger partial charge is 0.621 e. The van der Waals surface area contributed by atoms with Crippen LogP contribution in [0.2, 0.25) is 0 Å². The summed E-state index contributed by atoms with van der Waals surface area (Å²) in [5.74, 6) is -1.95. The number of hydrogen-bond acceptors (Lipinski definition) is 4. The van der Waals surface area contributed by atoms with Crippen LogP contribution in [0.15, 0.2) is 48.7 Å². The summed E-state index contributed by atoms with van der Waals surface area (Å²) in [5.41, 5.74) is -13.9. The fourth-order valence-corrected chi connectivity index (χ4v) is 2.56. The second kappa shape index (κ2) is 15.3. The Morgan fingerprint density at radius 1 is 0.850 bits per heavy atom. The van der Waals surface area contributed by atoms with Gasteiger partial charge in [0.05, 0.1) is 5.69 Å². The second-order valence-corrected chi connectivity index (χ2v) is 6.59. The third-order valence-electron chi connectivity index (χ3n) is 4.19. The fraction of sp³-hybridized carbons (Fsp3) is 0.348. The Balaban J connectivity index is 0. The van der Waals surface area contributed by atoms with E-state index in [0.29, 0.717) is 0 Å². The molecular formula is C23H21F11N3NaO2. The van der Waals surface area contributed by atoms with Gasteiger partial charge >= 0.3 is 59.8 Å². The van der Waals surface area contributed by atoms with Crippen LogP contribution in [-0.2, 0) is 16.6 Å². The van der Waals surface area contributed by atoms with E-state index in [-0.39, 0.29) is 47.5 Å². The van der Waals surface area contributed by atoms with Gasteiger partial charge < -0.3 is 15.4 Å². The summed E-state index contributed by atoms with van der Waals surface area (Å²) < 4.78 is 144. The van der Waals surface area contributed by atoms with Crippen molar-refractivity contribution in [1.29, 1.82) is 0 Å². The van der Waals surface area contributed by atoms with Crippen molar-refractivity contribution >= 4 is 23.4 Å². The number of rotatable bonds is 6. The van der Waals surface area contributed by atoms with Crippen LogP contribution in [0.3, 0.4) is 0 Å². The molecule has 0 fully saturated rings. The molecule has 0 atom stereocenters. The standard InChI is InChI=1S/C19H10F11N3O2.2C2H6.Na/c1-8(14(20)34)31-13-4-2-3-12(32-13)15(35)33-11-6-5-9(7-10(11)17(22,23)24)16(21,18(25,26)27)19(28,29)30;2*1-2;/h2-7H,1H2,(H2,31,32,33,35);2*1-2H3;/q;;;+1/p-1. The topological polar surface area (TPSA) is 73.2 Å². The zero-order chi connectivity index (χ0) is 31.0. The SMILES string of the molecule is C=C(Nc1cccc(C(=O)[N-]c2ccc(C(F)(C(F)(F)F)C(F)(F)F)cc2C(F)(F)F)n1)C(=O)F.CC.CC.[Na+]. The van der Waals surface area contributed by atoms with Gasteiger partial charge in [0.25, 0.3) is 0 Å². The molecular weight excluding hydrogens is 582 g/mol. The summed E-state index contributed by atoms with van der Waals surface area (Å²) in [6, 6.07) is -0.0293. The molecule has 0 saturated carbocycles. The number of halogens is 11. The minimum Gasteiger partial charge on any atom is -0.621 e. The Hall–Kier alpha value is -2.72. The van der Waals surface area contributed by atoms with Gasteiger partial charge in [0, 0.05) is 11.1 Å². The van der Waals surface area contributed by atoms with Crippen molar-refractivity contribution in [3.63, 3.8) is 0 Å². The molecule has 1 heterocycles. The largest absolute Gasteiger partial charge is 1.00 e. The zero-order valence-electron chi connectivity index (χ0n) is 21.5. The average molecular weight is 603 g/mol. The van der Waals surface area contributed by atoms with Crippen molar-refractivity contribution in [2.24, 2.45) is 0 Å². The molecule has 2 aromatic rings. The first-order chi connectivity index (χ1) is 17.8. The van der Waals surface area contributed by atoms with Gasteiger partial charge in [0.15, 0.2) is 0 Å². The maximum absolute atomic E-state index is 14.2. The predicted molar refractivity (Wildman–Crippen MR) is 120 cm³/mol. The van der Waals surface area contributed by atoms with Crippen molar-refractivity contribution in [3.8, 4) is 0 Å². The van der Waals surface area contributed by atoms with E-state index in [9.17, 15) is 57.9 Å². The number of carbonyl (C=O) groups is 2. The quantitative estimate of drug-likeness (QED) is 0.199. The first kappa shape index (κ1) is 39.4. The summed E-state index contributed by atoms with van der Waals surface area (Å²) >= 11 is 0. The van der Waals surface area contributed by atoms with E-state index in [2.05, 4.69) is 16.9 Å². The van der Waals surface area contributed by atoms with Crippen LogP contribution in [0.1, 0.15) is 49.3 Å². The van der Waals surface area contributed by atoms with Crippen LogP contribution in [0.25, 0.3) is 5.32 Å². The number of carbonyl (C=O) groups excluding carboxylic acids is 2. The number of amides is 1. The van der Waals surface area contributed by atoms with Crippen LogP contribution in [0, 0.1) is 0 Å². The Bertz CT molecular complexity index is 1150. The molecule has 1 aromatic heterocycles. The van der Waals surface area contributed by atoms with Crippen LogP contribution >= 0.6 is 0 Å². The normalized spacial score (nSPS) is 11.5. The minimum absolute atomic E-state index is 0. The molecule has 1 aromatic carbocycles. The Morgan fingerprint density at radius 2 is 1.35 bits per heavy atom. The Kier molecular flexibility index (Phi) is 15.1.